The monoisotopic (exact) mass is 389 g/mol. The molecular formula is C16H17ClFNO5S. The van der Waals surface area contributed by atoms with Gasteiger partial charge in [0.05, 0.1) is 17.1 Å². The van der Waals surface area contributed by atoms with E-state index in [1.807, 2.05) is 0 Å². The number of sulfone groups is 1. The molecule has 1 atom stereocenters. The normalized spacial score (nSPS) is 21.8. The van der Waals surface area contributed by atoms with Crippen LogP contribution in [-0.4, -0.2) is 55.4 Å². The standard InChI is InChI=1S/C16H17ClFNO5S/c17-10-1-4-14(18)13(7-10)16(21)24-8-15(20)19(11-2-3-11)12-5-6-25(22,23)9-12/h1,4,7,11-12H,2-3,5-6,8-9H2/t12-/m0/s1. The summed E-state index contributed by atoms with van der Waals surface area (Å²) in [4.78, 5) is 25.9. The highest BCUT2D eigenvalue weighted by Gasteiger charge is 2.42. The largest absolute Gasteiger partial charge is 0.452 e. The fourth-order valence-corrected chi connectivity index (χ4v) is 4.87. The van der Waals surface area contributed by atoms with Crippen LogP contribution >= 0.6 is 11.6 Å². The highest BCUT2D eigenvalue weighted by Crippen LogP contribution is 2.32. The van der Waals surface area contributed by atoms with Gasteiger partial charge in [0.1, 0.15) is 5.82 Å². The van der Waals surface area contributed by atoms with Gasteiger partial charge in [0, 0.05) is 17.1 Å². The van der Waals surface area contributed by atoms with Crippen molar-refractivity contribution in [1.29, 1.82) is 0 Å². The number of nitrogens with zero attached hydrogens (tertiary/aromatic N) is 1. The van der Waals surface area contributed by atoms with Crippen molar-refractivity contribution in [1.82, 2.24) is 4.90 Å². The number of carbonyl (C=O) groups is 2. The topological polar surface area (TPSA) is 80.8 Å². The Kier molecular flexibility index (Phi) is 5.02. The van der Waals surface area contributed by atoms with E-state index >= 15 is 0 Å². The van der Waals surface area contributed by atoms with Crippen molar-refractivity contribution in [2.45, 2.75) is 31.3 Å². The summed E-state index contributed by atoms with van der Waals surface area (Å²) in [5.74, 6) is -2.24. The molecule has 1 aromatic rings. The van der Waals surface area contributed by atoms with Crippen molar-refractivity contribution in [3.05, 3.63) is 34.6 Å². The molecule has 1 aromatic carbocycles. The number of benzene rings is 1. The van der Waals surface area contributed by atoms with E-state index < -0.39 is 34.1 Å². The Balaban J connectivity index is 1.64. The average Bonchev–Trinajstić information content (AvgIpc) is 3.31. The van der Waals surface area contributed by atoms with E-state index in [1.54, 1.807) is 0 Å². The van der Waals surface area contributed by atoms with Crippen LogP contribution in [0.3, 0.4) is 0 Å². The lowest BCUT2D eigenvalue weighted by Crippen LogP contribution is -2.44. The minimum atomic E-state index is -3.13. The molecule has 136 valence electrons. The molecule has 0 N–H and O–H groups in total. The molecule has 1 aliphatic heterocycles. The minimum absolute atomic E-state index is 0.00703. The van der Waals surface area contributed by atoms with Gasteiger partial charge in [-0.25, -0.2) is 17.6 Å². The van der Waals surface area contributed by atoms with Crippen LogP contribution in [0.25, 0.3) is 0 Å². The van der Waals surface area contributed by atoms with E-state index in [4.69, 9.17) is 16.3 Å². The molecule has 2 fully saturated rings. The van der Waals surface area contributed by atoms with Crippen LogP contribution in [-0.2, 0) is 19.4 Å². The minimum Gasteiger partial charge on any atom is -0.452 e. The van der Waals surface area contributed by atoms with Gasteiger partial charge in [-0.2, -0.15) is 0 Å². The lowest BCUT2D eigenvalue weighted by Gasteiger charge is -2.28. The van der Waals surface area contributed by atoms with Crippen LogP contribution in [0.2, 0.25) is 5.02 Å². The summed E-state index contributed by atoms with van der Waals surface area (Å²) in [6.45, 7) is -0.558. The SMILES string of the molecule is O=C(OCC(=O)N(C1CC1)[C@H]1CCS(=O)(=O)C1)c1cc(Cl)ccc1F. The summed E-state index contributed by atoms with van der Waals surface area (Å²) in [5, 5.41) is 0.176. The molecule has 1 amide bonds. The Morgan fingerprint density at radius 1 is 1.24 bits per heavy atom. The zero-order valence-electron chi connectivity index (χ0n) is 13.3. The van der Waals surface area contributed by atoms with Crippen molar-refractivity contribution in [2.24, 2.45) is 0 Å². The molecule has 0 radical (unpaired) electrons. The molecule has 3 rings (SSSR count). The summed E-state index contributed by atoms with van der Waals surface area (Å²) in [6, 6.07) is 3.08. The molecule has 0 spiro atoms. The maximum Gasteiger partial charge on any atom is 0.341 e. The van der Waals surface area contributed by atoms with Crippen LogP contribution in [0.5, 0.6) is 0 Å². The predicted molar refractivity (Wildman–Crippen MR) is 88.6 cm³/mol. The summed E-state index contributed by atoms with van der Waals surface area (Å²) < 4.78 is 41.9. The fraction of sp³-hybridized carbons (Fsp3) is 0.500. The van der Waals surface area contributed by atoms with Gasteiger partial charge in [0.25, 0.3) is 5.91 Å². The molecule has 2 aliphatic rings. The summed E-state index contributed by atoms with van der Waals surface area (Å²) in [5.41, 5.74) is -0.346. The highest BCUT2D eigenvalue weighted by molar-refractivity contribution is 7.91. The zero-order valence-corrected chi connectivity index (χ0v) is 14.9. The molecule has 0 aromatic heterocycles. The van der Waals surface area contributed by atoms with Gasteiger partial charge in [0.15, 0.2) is 16.4 Å². The lowest BCUT2D eigenvalue weighted by atomic mass is 10.2. The summed E-state index contributed by atoms with van der Waals surface area (Å²) in [6.07, 6.45) is 2.00. The van der Waals surface area contributed by atoms with Crippen molar-refractivity contribution in [3.63, 3.8) is 0 Å². The van der Waals surface area contributed by atoms with Gasteiger partial charge in [-0.15, -0.1) is 0 Å². The summed E-state index contributed by atoms with van der Waals surface area (Å²) in [7, 11) is -3.13. The van der Waals surface area contributed by atoms with Crippen LogP contribution < -0.4 is 0 Å². The number of rotatable bonds is 5. The maximum atomic E-state index is 13.7. The molecule has 1 saturated carbocycles. The molecular weight excluding hydrogens is 373 g/mol. The van der Waals surface area contributed by atoms with Gasteiger partial charge >= 0.3 is 5.97 Å². The third-order valence-electron chi connectivity index (χ3n) is 4.31. The fourth-order valence-electron chi connectivity index (χ4n) is 2.99. The van der Waals surface area contributed by atoms with Gasteiger partial charge in [-0.05, 0) is 37.5 Å². The van der Waals surface area contributed by atoms with E-state index in [2.05, 4.69) is 0 Å². The number of hydrogen-bond acceptors (Lipinski definition) is 5. The van der Waals surface area contributed by atoms with E-state index in [-0.39, 0.29) is 34.2 Å². The van der Waals surface area contributed by atoms with Crippen molar-refractivity contribution in [3.8, 4) is 0 Å². The second-order valence-electron chi connectivity index (χ2n) is 6.29. The second-order valence-corrected chi connectivity index (χ2v) is 8.95. The molecule has 0 bridgehead atoms. The number of halogens is 2. The lowest BCUT2D eigenvalue weighted by molar-refractivity contribution is -0.137. The van der Waals surface area contributed by atoms with Crippen LogP contribution in [0.15, 0.2) is 18.2 Å². The quantitative estimate of drug-likeness (QED) is 0.717. The van der Waals surface area contributed by atoms with E-state index in [0.29, 0.717) is 6.42 Å². The van der Waals surface area contributed by atoms with Gasteiger partial charge in [-0.1, -0.05) is 11.6 Å². The van der Waals surface area contributed by atoms with E-state index in [9.17, 15) is 22.4 Å². The Morgan fingerprint density at radius 3 is 2.56 bits per heavy atom. The van der Waals surface area contributed by atoms with Crippen LogP contribution in [0.4, 0.5) is 4.39 Å². The number of carbonyl (C=O) groups excluding carboxylic acids is 2. The number of esters is 1. The average molecular weight is 390 g/mol. The first-order chi connectivity index (χ1) is 11.8. The van der Waals surface area contributed by atoms with Gasteiger partial charge < -0.3 is 9.64 Å². The molecule has 6 nitrogen and oxygen atoms in total. The molecule has 1 aliphatic carbocycles. The summed E-state index contributed by atoms with van der Waals surface area (Å²) >= 11 is 5.73. The van der Waals surface area contributed by atoms with Gasteiger partial charge in [0.2, 0.25) is 0 Å². The van der Waals surface area contributed by atoms with Crippen LogP contribution in [0, 0.1) is 5.82 Å². The third kappa shape index (κ3) is 4.30. The Labute approximate surface area is 149 Å². The predicted octanol–water partition coefficient (Wildman–Crippen LogP) is 1.81. The first-order valence-electron chi connectivity index (χ1n) is 7.90. The second kappa shape index (κ2) is 6.92. The van der Waals surface area contributed by atoms with E-state index in [0.717, 1.165) is 25.0 Å². The smallest absolute Gasteiger partial charge is 0.341 e. The Hall–Kier alpha value is -1.67. The molecule has 0 unspecified atom stereocenters. The first-order valence-corrected chi connectivity index (χ1v) is 10.1. The van der Waals surface area contributed by atoms with Crippen LogP contribution in [0.1, 0.15) is 29.6 Å². The Morgan fingerprint density at radius 2 is 1.96 bits per heavy atom. The molecule has 9 heteroatoms. The molecule has 1 heterocycles. The third-order valence-corrected chi connectivity index (χ3v) is 6.29. The zero-order chi connectivity index (χ0) is 18.2. The van der Waals surface area contributed by atoms with Gasteiger partial charge in [-0.3, -0.25) is 4.79 Å². The highest BCUT2D eigenvalue weighted by atomic mass is 35.5. The first kappa shape index (κ1) is 18.1. The molecule has 25 heavy (non-hydrogen) atoms. The number of amides is 1. The van der Waals surface area contributed by atoms with Crippen molar-refractivity contribution in [2.75, 3.05) is 18.1 Å². The Bertz CT molecular complexity index is 809. The molecule has 1 saturated heterocycles. The number of hydrogen-bond donors (Lipinski definition) is 0. The van der Waals surface area contributed by atoms with Crippen molar-refractivity contribution >= 4 is 33.3 Å². The maximum absolute atomic E-state index is 13.7. The number of ether oxygens (including phenoxy) is 1. The van der Waals surface area contributed by atoms with Crippen molar-refractivity contribution < 1.29 is 27.1 Å². The van der Waals surface area contributed by atoms with E-state index in [1.165, 1.54) is 11.0 Å².